The summed E-state index contributed by atoms with van der Waals surface area (Å²) in [6, 6.07) is 0. The Morgan fingerprint density at radius 2 is 1.71 bits per heavy atom. The Morgan fingerprint density at radius 3 is 2.29 bits per heavy atom. The molecule has 0 aromatic rings. The van der Waals surface area contributed by atoms with Crippen molar-refractivity contribution in [2.45, 2.75) is 45.4 Å². The van der Waals surface area contributed by atoms with Crippen LogP contribution in [0.15, 0.2) is 0 Å². The van der Waals surface area contributed by atoms with E-state index in [1.54, 1.807) is 6.92 Å². The molecule has 1 fully saturated rings. The number of carbonyl (C=O) groups excluding carboxylic acids is 3. The van der Waals surface area contributed by atoms with Crippen LogP contribution in [0.3, 0.4) is 0 Å². The van der Waals surface area contributed by atoms with Gasteiger partial charge in [-0.25, -0.2) is 0 Å². The van der Waals surface area contributed by atoms with Crippen LogP contribution >= 0.6 is 0 Å². The first-order valence-corrected chi connectivity index (χ1v) is 6.03. The quantitative estimate of drug-likeness (QED) is 0.553. The first kappa shape index (κ1) is 13.7. The van der Waals surface area contributed by atoms with Gasteiger partial charge in [0.15, 0.2) is 0 Å². The number of ether oxygens (including phenoxy) is 2. The molecule has 1 saturated carbocycles. The van der Waals surface area contributed by atoms with Crippen molar-refractivity contribution in [3.8, 4) is 0 Å². The fraction of sp³-hybridized carbons (Fsp3) is 0.750. The van der Waals surface area contributed by atoms with Gasteiger partial charge in [0.05, 0.1) is 12.5 Å². The Balaban J connectivity index is 2.29. The zero-order chi connectivity index (χ0) is 12.7. The number of esters is 3. The molecule has 0 atom stereocenters. The predicted molar refractivity (Wildman–Crippen MR) is 58.9 cm³/mol. The van der Waals surface area contributed by atoms with Gasteiger partial charge >= 0.3 is 17.9 Å². The molecular formula is C12H18O5. The van der Waals surface area contributed by atoms with Crippen LogP contribution < -0.4 is 0 Å². The molecule has 5 heteroatoms. The van der Waals surface area contributed by atoms with Crippen LogP contribution in [0.1, 0.15) is 45.4 Å². The SMILES string of the molecule is CCOC(=O)CC(=O)OC(=O)C1CCCCC1. The van der Waals surface area contributed by atoms with Crippen molar-refractivity contribution >= 4 is 17.9 Å². The van der Waals surface area contributed by atoms with E-state index in [2.05, 4.69) is 9.47 Å². The lowest BCUT2D eigenvalue weighted by Gasteiger charge is -2.18. The second kappa shape index (κ2) is 7.04. The van der Waals surface area contributed by atoms with E-state index in [0.717, 1.165) is 32.1 Å². The smallest absolute Gasteiger partial charge is 0.324 e. The van der Waals surface area contributed by atoms with E-state index in [9.17, 15) is 14.4 Å². The Labute approximate surface area is 100 Å². The molecular weight excluding hydrogens is 224 g/mol. The highest BCUT2D eigenvalue weighted by atomic mass is 16.6. The molecule has 96 valence electrons. The van der Waals surface area contributed by atoms with Gasteiger partial charge in [-0.3, -0.25) is 14.4 Å². The van der Waals surface area contributed by atoms with Crippen molar-refractivity contribution in [2.24, 2.45) is 5.92 Å². The Morgan fingerprint density at radius 1 is 1.06 bits per heavy atom. The molecule has 0 radical (unpaired) electrons. The highest BCUT2D eigenvalue weighted by Gasteiger charge is 2.25. The molecule has 0 bridgehead atoms. The third-order valence-corrected chi connectivity index (χ3v) is 2.75. The maximum atomic E-state index is 11.6. The van der Waals surface area contributed by atoms with E-state index in [-0.39, 0.29) is 12.5 Å². The summed E-state index contributed by atoms with van der Waals surface area (Å²) in [6.45, 7) is 1.86. The van der Waals surface area contributed by atoms with Gasteiger partial charge in [0.1, 0.15) is 6.42 Å². The summed E-state index contributed by atoms with van der Waals surface area (Å²) >= 11 is 0. The Hall–Kier alpha value is -1.39. The molecule has 0 aromatic heterocycles. The third kappa shape index (κ3) is 4.97. The minimum absolute atomic E-state index is 0.185. The zero-order valence-electron chi connectivity index (χ0n) is 10.1. The third-order valence-electron chi connectivity index (χ3n) is 2.75. The lowest BCUT2D eigenvalue weighted by molar-refractivity contribution is -0.165. The normalized spacial score (nSPS) is 16.3. The topological polar surface area (TPSA) is 69.7 Å². The maximum absolute atomic E-state index is 11.6. The van der Waals surface area contributed by atoms with Crippen molar-refractivity contribution in [2.75, 3.05) is 6.61 Å². The van der Waals surface area contributed by atoms with Crippen LogP contribution in [0.4, 0.5) is 0 Å². The second-order valence-electron chi connectivity index (χ2n) is 4.11. The highest BCUT2D eigenvalue weighted by Crippen LogP contribution is 2.24. The van der Waals surface area contributed by atoms with E-state index in [0.29, 0.717) is 0 Å². The molecule has 0 aromatic carbocycles. The maximum Gasteiger partial charge on any atom is 0.324 e. The van der Waals surface area contributed by atoms with E-state index in [1.807, 2.05) is 0 Å². The van der Waals surface area contributed by atoms with Crippen LogP contribution in [0.25, 0.3) is 0 Å². The van der Waals surface area contributed by atoms with Gasteiger partial charge in [0, 0.05) is 0 Å². The summed E-state index contributed by atoms with van der Waals surface area (Å²) in [5.74, 6) is -2.16. The standard InChI is InChI=1S/C12H18O5/c1-2-16-10(13)8-11(14)17-12(15)9-6-4-3-5-7-9/h9H,2-8H2,1H3. The highest BCUT2D eigenvalue weighted by molar-refractivity contribution is 5.96. The number of hydrogen-bond donors (Lipinski definition) is 0. The lowest BCUT2D eigenvalue weighted by Crippen LogP contribution is -2.24. The number of rotatable bonds is 4. The minimum Gasteiger partial charge on any atom is -0.466 e. The molecule has 0 saturated heterocycles. The van der Waals surface area contributed by atoms with Gasteiger partial charge in [-0.1, -0.05) is 19.3 Å². The predicted octanol–water partition coefficient (Wildman–Crippen LogP) is 1.59. The average Bonchev–Trinajstić information content (AvgIpc) is 2.30. The fourth-order valence-electron chi connectivity index (χ4n) is 1.90. The first-order chi connectivity index (χ1) is 8.13. The van der Waals surface area contributed by atoms with E-state index < -0.39 is 24.3 Å². The van der Waals surface area contributed by atoms with Crippen LogP contribution in [0.2, 0.25) is 0 Å². The molecule has 0 amide bonds. The van der Waals surface area contributed by atoms with Crippen LogP contribution in [0.5, 0.6) is 0 Å². The molecule has 1 aliphatic rings. The first-order valence-electron chi connectivity index (χ1n) is 6.03. The summed E-state index contributed by atoms with van der Waals surface area (Å²) in [6.07, 6.45) is 4.15. The molecule has 0 heterocycles. The monoisotopic (exact) mass is 242 g/mol. The van der Waals surface area contributed by atoms with E-state index in [1.165, 1.54) is 0 Å². The van der Waals surface area contributed by atoms with Gasteiger partial charge < -0.3 is 9.47 Å². The van der Waals surface area contributed by atoms with Crippen molar-refractivity contribution < 1.29 is 23.9 Å². The van der Waals surface area contributed by atoms with Gasteiger partial charge in [-0.05, 0) is 19.8 Å². The average molecular weight is 242 g/mol. The largest absolute Gasteiger partial charge is 0.466 e. The summed E-state index contributed by atoms with van der Waals surface area (Å²) in [7, 11) is 0. The van der Waals surface area contributed by atoms with E-state index >= 15 is 0 Å². The number of hydrogen-bond acceptors (Lipinski definition) is 5. The molecule has 0 unspecified atom stereocenters. The molecule has 1 aliphatic carbocycles. The van der Waals surface area contributed by atoms with Gasteiger partial charge in [-0.15, -0.1) is 0 Å². The molecule has 0 aliphatic heterocycles. The lowest BCUT2D eigenvalue weighted by atomic mass is 9.89. The van der Waals surface area contributed by atoms with Crippen molar-refractivity contribution in [1.29, 1.82) is 0 Å². The molecule has 0 N–H and O–H groups in total. The van der Waals surface area contributed by atoms with Gasteiger partial charge in [0.2, 0.25) is 0 Å². The second-order valence-corrected chi connectivity index (χ2v) is 4.11. The zero-order valence-corrected chi connectivity index (χ0v) is 10.1. The van der Waals surface area contributed by atoms with Crippen LogP contribution in [-0.2, 0) is 23.9 Å². The molecule has 5 nitrogen and oxygen atoms in total. The summed E-state index contributed by atoms with van der Waals surface area (Å²) in [5, 5.41) is 0. The fourth-order valence-corrected chi connectivity index (χ4v) is 1.90. The summed E-state index contributed by atoms with van der Waals surface area (Å²) < 4.78 is 9.22. The van der Waals surface area contributed by atoms with Crippen molar-refractivity contribution in [3.63, 3.8) is 0 Å². The summed E-state index contributed by atoms with van der Waals surface area (Å²) in [5.41, 5.74) is 0. The van der Waals surface area contributed by atoms with Crippen molar-refractivity contribution in [3.05, 3.63) is 0 Å². The summed E-state index contributed by atoms with van der Waals surface area (Å²) in [4.78, 5) is 33.8. The number of carbonyl (C=O) groups is 3. The van der Waals surface area contributed by atoms with Crippen LogP contribution in [-0.4, -0.2) is 24.5 Å². The Bertz CT molecular complexity index is 291. The molecule has 1 rings (SSSR count). The van der Waals surface area contributed by atoms with Crippen LogP contribution in [0, 0.1) is 5.92 Å². The van der Waals surface area contributed by atoms with Crippen molar-refractivity contribution in [1.82, 2.24) is 0 Å². The van der Waals surface area contributed by atoms with Gasteiger partial charge in [0.25, 0.3) is 0 Å². The Kier molecular flexibility index (Phi) is 5.66. The molecule has 0 spiro atoms. The van der Waals surface area contributed by atoms with E-state index in [4.69, 9.17) is 0 Å². The molecule has 17 heavy (non-hydrogen) atoms. The minimum atomic E-state index is -0.820. The van der Waals surface area contributed by atoms with Gasteiger partial charge in [-0.2, -0.15) is 0 Å².